The van der Waals surface area contributed by atoms with Crippen molar-refractivity contribution < 1.29 is 4.79 Å². The average molecular weight is 340 g/mol. The molecule has 1 aromatic carbocycles. The third-order valence-electron chi connectivity index (χ3n) is 3.71. The zero-order chi connectivity index (χ0) is 16.8. The van der Waals surface area contributed by atoms with Crippen LogP contribution in [-0.4, -0.2) is 32.7 Å². The van der Waals surface area contributed by atoms with Crippen molar-refractivity contribution in [3.05, 3.63) is 54.2 Å². The highest BCUT2D eigenvalue weighted by atomic mass is 32.2. The number of aromatic amines is 1. The van der Waals surface area contributed by atoms with Crippen LogP contribution in [0.25, 0.3) is 11.2 Å². The fourth-order valence-electron chi connectivity index (χ4n) is 2.42. The highest BCUT2D eigenvalue weighted by Crippen LogP contribution is 2.24. The van der Waals surface area contributed by atoms with Crippen LogP contribution in [0.15, 0.2) is 53.8 Å². The third kappa shape index (κ3) is 4.14. The number of carbonyl (C=O) groups is 1. The van der Waals surface area contributed by atoms with Gasteiger partial charge in [0.15, 0.2) is 10.8 Å². The SMILES string of the molecule is CC[C@@H](Sc1nc2ncccc2[nH]1)C(=O)NCCc1ccccc1. The quantitative estimate of drug-likeness (QED) is 0.648. The first-order chi connectivity index (χ1) is 11.8. The van der Waals surface area contributed by atoms with Gasteiger partial charge in [0.2, 0.25) is 5.91 Å². The van der Waals surface area contributed by atoms with Crippen LogP contribution in [0, 0.1) is 0 Å². The van der Waals surface area contributed by atoms with Gasteiger partial charge in [-0.05, 0) is 30.5 Å². The Labute approximate surface area is 145 Å². The summed E-state index contributed by atoms with van der Waals surface area (Å²) in [6.45, 7) is 2.65. The van der Waals surface area contributed by atoms with E-state index in [1.165, 1.54) is 17.3 Å². The standard InChI is InChI=1S/C18H20N4OS/c1-2-15(17(23)20-12-10-13-7-4-3-5-8-13)24-18-21-14-9-6-11-19-16(14)22-18/h3-9,11,15H,2,10,12H2,1H3,(H,20,23)(H,19,21,22)/t15-/m1/s1. The molecule has 2 N–H and O–H groups in total. The number of carbonyl (C=O) groups excluding carboxylic acids is 1. The van der Waals surface area contributed by atoms with Gasteiger partial charge in [0.25, 0.3) is 0 Å². The van der Waals surface area contributed by atoms with E-state index < -0.39 is 0 Å². The van der Waals surface area contributed by atoms with Crippen LogP contribution in [0.1, 0.15) is 18.9 Å². The van der Waals surface area contributed by atoms with Crippen molar-refractivity contribution in [1.82, 2.24) is 20.3 Å². The minimum absolute atomic E-state index is 0.0480. The summed E-state index contributed by atoms with van der Waals surface area (Å²) in [5.41, 5.74) is 2.79. The molecule has 2 heterocycles. The Kier molecular flexibility index (Phi) is 5.48. The van der Waals surface area contributed by atoms with Crippen LogP contribution in [0.5, 0.6) is 0 Å². The fourth-order valence-corrected chi connectivity index (χ4v) is 3.36. The minimum atomic E-state index is -0.165. The number of hydrogen-bond donors (Lipinski definition) is 2. The summed E-state index contributed by atoms with van der Waals surface area (Å²) in [7, 11) is 0. The van der Waals surface area contributed by atoms with Crippen LogP contribution < -0.4 is 5.32 Å². The number of H-pyrrole nitrogens is 1. The molecule has 0 spiro atoms. The molecule has 0 saturated carbocycles. The van der Waals surface area contributed by atoms with Gasteiger partial charge in [-0.15, -0.1) is 0 Å². The van der Waals surface area contributed by atoms with E-state index in [9.17, 15) is 4.79 Å². The lowest BCUT2D eigenvalue weighted by Crippen LogP contribution is -2.33. The van der Waals surface area contributed by atoms with Crippen LogP contribution in [0.4, 0.5) is 0 Å². The summed E-state index contributed by atoms with van der Waals surface area (Å²) in [6, 6.07) is 13.9. The predicted octanol–water partition coefficient (Wildman–Crippen LogP) is 3.19. The molecule has 124 valence electrons. The zero-order valence-corrected chi connectivity index (χ0v) is 14.3. The van der Waals surface area contributed by atoms with Gasteiger partial charge in [-0.1, -0.05) is 49.0 Å². The molecule has 0 unspecified atom stereocenters. The molecule has 24 heavy (non-hydrogen) atoms. The molecular formula is C18H20N4OS. The number of rotatable bonds is 7. The largest absolute Gasteiger partial charge is 0.355 e. The van der Waals surface area contributed by atoms with Crippen molar-refractivity contribution in [2.45, 2.75) is 30.2 Å². The Morgan fingerprint density at radius 2 is 2.08 bits per heavy atom. The predicted molar refractivity (Wildman–Crippen MR) is 97.0 cm³/mol. The first kappa shape index (κ1) is 16.5. The lowest BCUT2D eigenvalue weighted by Gasteiger charge is -2.13. The normalized spacial score (nSPS) is 12.2. The van der Waals surface area contributed by atoms with Gasteiger partial charge in [0, 0.05) is 12.7 Å². The molecule has 1 atom stereocenters. The number of benzene rings is 1. The van der Waals surface area contributed by atoms with Crippen molar-refractivity contribution in [3.8, 4) is 0 Å². The maximum atomic E-state index is 12.4. The Morgan fingerprint density at radius 1 is 1.25 bits per heavy atom. The number of thioether (sulfide) groups is 1. The molecule has 0 bridgehead atoms. The second-order valence-electron chi connectivity index (χ2n) is 5.46. The second kappa shape index (κ2) is 7.97. The van der Waals surface area contributed by atoms with Crippen molar-refractivity contribution in [3.63, 3.8) is 0 Å². The van der Waals surface area contributed by atoms with Crippen LogP contribution >= 0.6 is 11.8 Å². The van der Waals surface area contributed by atoms with Crippen LogP contribution in [0.2, 0.25) is 0 Å². The average Bonchev–Trinajstić information content (AvgIpc) is 3.03. The van der Waals surface area contributed by atoms with Gasteiger partial charge in [0.05, 0.1) is 10.8 Å². The number of imidazole rings is 1. The van der Waals surface area contributed by atoms with E-state index in [4.69, 9.17) is 0 Å². The number of pyridine rings is 1. The van der Waals surface area contributed by atoms with E-state index >= 15 is 0 Å². The Bertz CT molecular complexity index is 770. The number of fused-ring (bicyclic) bond motifs is 1. The molecule has 0 aliphatic rings. The second-order valence-corrected chi connectivity index (χ2v) is 6.65. The number of aromatic nitrogens is 3. The third-order valence-corrected chi connectivity index (χ3v) is 4.96. The molecule has 1 amide bonds. The van der Waals surface area contributed by atoms with Crippen molar-refractivity contribution in [2.75, 3.05) is 6.54 Å². The molecule has 6 heteroatoms. The van der Waals surface area contributed by atoms with E-state index in [0.717, 1.165) is 23.5 Å². The van der Waals surface area contributed by atoms with Gasteiger partial charge in [-0.3, -0.25) is 4.79 Å². The Hall–Kier alpha value is -2.34. The van der Waals surface area contributed by atoms with Gasteiger partial charge in [0.1, 0.15) is 0 Å². The highest BCUT2D eigenvalue weighted by Gasteiger charge is 2.19. The molecule has 5 nitrogen and oxygen atoms in total. The number of nitrogens with zero attached hydrogens (tertiary/aromatic N) is 2. The van der Waals surface area contributed by atoms with Gasteiger partial charge >= 0.3 is 0 Å². The van der Waals surface area contributed by atoms with E-state index in [0.29, 0.717) is 12.2 Å². The topological polar surface area (TPSA) is 70.7 Å². The van der Waals surface area contributed by atoms with Crippen molar-refractivity contribution >= 4 is 28.8 Å². The molecule has 3 rings (SSSR count). The smallest absolute Gasteiger partial charge is 0.233 e. The molecule has 0 saturated heterocycles. The number of amides is 1. The van der Waals surface area contributed by atoms with Gasteiger partial charge in [-0.25, -0.2) is 9.97 Å². The summed E-state index contributed by atoms with van der Waals surface area (Å²) in [4.78, 5) is 24.2. The summed E-state index contributed by atoms with van der Waals surface area (Å²) in [5.74, 6) is 0.0480. The van der Waals surface area contributed by atoms with E-state index in [2.05, 4.69) is 32.4 Å². The van der Waals surface area contributed by atoms with Gasteiger partial charge < -0.3 is 10.3 Å². The molecular weight excluding hydrogens is 320 g/mol. The maximum absolute atomic E-state index is 12.4. The molecule has 0 aliphatic heterocycles. The molecule has 0 aliphatic carbocycles. The Morgan fingerprint density at radius 3 is 2.83 bits per heavy atom. The first-order valence-electron chi connectivity index (χ1n) is 8.05. The van der Waals surface area contributed by atoms with E-state index in [-0.39, 0.29) is 11.2 Å². The lowest BCUT2D eigenvalue weighted by atomic mass is 10.1. The minimum Gasteiger partial charge on any atom is -0.355 e. The molecule has 3 aromatic rings. The van der Waals surface area contributed by atoms with Crippen molar-refractivity contribution in [1.29, 1.82) is 0 Å². The Balaban J connectivity index is 1.55. The van der Waals surface area contributed by atoms with E-state index in [1.54, 1.807) is 6.20 Å². The highest BCUT2D eigenvalue weighted by molar-refractivity contribution is 8.00. The summed E-state index contributed by atoms with van der Waals surface area (Å²) in [6.07, 6.45) is 3.29. The van der Waals surface area contributed by atoms with Gasteiger partial charge in [-0.2, -0.15) is 0 Å². The summed E-state index contributed by atoms with van der Waals surface area (Å²) >= 11 is 1.45. The summed E-state index contributed by atoms with van der Waals surface area (Å²) < 4.78 is 0. The molecule has 0 radical (unpaired) electrons. The molecule has 0 fully saturated rings. The summed E-state index contributed by atoms with van der Waals surface area (Å²) in [5, 5.41) is 3.58. The van der Waals surface area contributed by atoms with E-state index in [1.807, 2.05) is 37.3 Å². The number of nitrogens with one attached hydrogen (secondary N) is 2. The van der Waals surface area contributed by atoms with Crippen LogP contribution in [0.3, 0.4) is 0 Å². The van der Waals surface area contributed by atoms with Crippen LogP contribution in [-0.2, 0) is 11.2 Å². The maximum Gasteiger partial charge on any atom is 0.233 e. The number of hydrogen-bond acceptors (Lipinski definition) is 4. The lowest BCUT2D eigenvalue weighted by molar-refractivity contribution is -0.120. The molecule has 2 aromatic heterocycles. The fraction of sp³-hybridized carbons (Fsp3) is 0.278. The zero-order valence-electron chi connectivity index (χ0n) is 13.5. The van der Waals surface area contributed by atoms with Crippen molar-refractivity contribution in [2.24, 2.45) is 0 Å². The monoisotopic (exact) mass is 340 g/mol. The first-order valence-corrected chi connectivity index (χ1v) is 8.93.